The molecule has 2 aromatic rings. The summed E-state index contributed by atoms with van der Waals surface area (Å²) in [6.07, 6.45) is 3.17. The molecule has 0 bridgehead atoms. The molecule has 0 aliphatic carbocycles. The summed E-state index contributed by atoms with van der Waals surface area (Å²) in [4.78, 5) is 63.5. The summed E-state index contributed by atoms with van der Waals surface area (Å²) in [5.41, 5.74) is 5.48. The van der Waals surface area contributed by atoms with E-state index in [4.69, 9.17) is 30.5 Å². The van der Waals surface area contributed by atoms with Crippen LogP contribution in [0.3, 0.4) is 0 Å². The van der Waals surface area contributed by atoms with E-state index in [0.717, 1.165) is 18.9 Å². The molecular formula is C35H50N6O9. The zero-order valence-corrected chi connectivity index (χ0v) is 29.1. The van der Waals surface area contributed by atoms with Crippen molar-refractivity contribution in [2.45, 2.75) is 82.8 Å². The first-order chi connectivity index (χ1) is 23.7. The largest absolute Gasteiger partial charge is 0.493 e. The smallest absolute Gasteiger partial charge is 0.326 e. The highest BCUT2D eigenvalue weighted by atomic mass is 16.5. The van der Waals surface area contributed by atoms with Gasteiger partial charge in [0.1, 0.15) is 17.6 Å². The molecule has 1 heterocycles. The molecule has 1 aliphatic heterocycles. The minimum Gasteiger partial charge on any atom is -0.493 e. The molecule has 8 N–H and O–H groups in total. The van der Waals surface area contributed by atoms with Gasteiger partial charge in [0.15, 0.2) is 17.5 Å². The zero-order valence-electron chi connectivity index (χ0n) is 29.1. The Bertz CT molecular complexity index is 1470. The first-order valence-corrected chi connectivity index (χ1v) is 16.4. The Balaban J connectivity index is 0.00000205. The van der Waals surface area contributed by atoms with Crippen LogP contribution in [-0.2, 0) is 36.8 Å². The molecular weight excluding hydrogens is 648 g/mol. The summed E-state index contributed by atoms with van der Waals surface area (Å²) in [6, 6.07) is 13.0. The van der Waals surface area contributed by atoms with E-state index in [1.807, 2.05) is 30.3 Å². The van der Waals surface area contributed by atoms with Gasteiger partial charge in [0.05, 0.1) is 14.2 Å². The molecule has 1 fully saturated rings. The van der Waals surface area contributed by atoms with Crippen molar-refractivity contribution in [1.82, 2.24) is 20.9 Å². The second-order valence-electron chi connectivity index (χ2n) is 12.1. The van der Waals surface area contributed by atoms with Crippen molar-refractivity contribution in [2.24, 2.45) is 5.73 Å². The molecule has 3 atom stereocenters. The van der Waals surface area contributed by atoms with Crippen LogP contribution in [0.25, 0.3) is 0 Å². The number of methoxy groups -OCH3 is 2. The fraction of sp³-hybridized carbons (Fsp3) is 0.486. The van der Waals surface area contributed by atoms with E-state index in [1.165, 1.54) is 21.1 Å². The van der Waals surface area contributed by atoms with Crippen molar-refractivity contribution in [3.05, 3.63) is 59.7 Å². The van der Waals surface area contributed by atoms with Gasteiger partial charge >= 0.3 is 5.97 Å². The lowest BCUT2D eigenvalue weighted by molar-refractivity contribution is -0.144. The molecule has 15 heteroatoms. The van der Waals surface area contributed by atoms with Crippen LogP contribution < -0.4 is 31.2 Å². The van der Waals surface area contributed by atoms with E-state index in [-0.39, 0.29) is 31.3 Å². The number of rotatable bonds is 17. The molecule has 274 valence electrons. The van der Waals surface area contributed by atoms with E-state index in [2.05, 4.69) is 16.0 Å². The van der Waals surface area contributed by atoms with E-state index in [0.29, 0.717) is 55.7 Å². The third-order valence-electron chi connectivity index (χ3n) is 8.07. The molecule has 2 aromatic carbocycles. The number of aryl methyl sites for hydroxylation is 1. The topological polar surface area (TPSA) is 233 Å². The fourth-order valence-corrected chi connectivity index (χ4v) is 5.61. The van der Waals surface area contributed by atoms with Crippen molar-refractivity contribution in [2.75, 3.05) is 27.3 Å². The SMILES string of the molecule is CC(=O)O.COc1ccc(C[C@](C)(NC(=O)[C@@H]2CCCN2C(=O)CCCc2ccccc2)C(=O)N[C@@H](CCCNC(=N)N)C(=O)O)cc1OC. The van der Waals surface area contributed by atoms with Crippen molar-refractivity contribution >= 4 is 35.6 Å². The van der Waals surface area contributed by atoms with Gasteiger partial charge in [0.2, 0.25) is 17.7 Å². The number of nitrogens with one attached hydrogen (secondary N) is 4. The van der Waals surface area contributed by atoms with Gasteiger partial charge in [-0.15, -0.1) is 0 Å². The number of benzene rings is 2. The summed E-state index contributed by atoms with van der Waals surface area (Å²) in [5, 5.41) is 32.6. The molecule has 0 aromatic heterocycles. The Kier molecular flexibility index (Phi) is 16.5. The summed E-state index contributed by atoms with van der Waals surface area (Å²) in [5.74, 6) is -2.69. The van der Waals surface area contributed by atoms with Crippen molar-refractivity contribution < 1.29 is 43.7 Å². The predicted octanol–water partition coefficient (Wildman–Crippen LogP) is 2.06. The highest BCUT2D eigenvalue weighted by Gasteiger charge is 2.42. The molecule has 0 spiro atoms. The molecule has 3 amide bonds. The number of carbonyl (C=O) groups is 5. The Morgan fingerprint density at radius 2 is 1.68 bits per heavy atom. The number of likely N-dealkylation sites (tertiary alicyclic amines) is 1. The first kappa shape index (κ1) is 40.8. The van der Waals surface area contributed by atoms with Gasteiger partial charge in [-0.05, 0) is 68.7 Å². The molecule has 0 saturated carbocycles. The van der Waals surface area contributed by atoms with Crippen LogP contribution in [0.5, 0.6) is 11.5 Å². The molecule has 15 nitrogen and oxygen atoms in total. The van der Waals surface area contributed by atoms with Crippen LogP contribution in [0.1, 0.15) is 63.5 Å². The summed E-state index contributed by atoms with van der Waals surface area (Å²) >= 11 is 0. The van der Waals surface area contributed by atoms with Crippen LogP contribution in [-0.4, -0.2) is 95.7 Å². The third-order valence-corrected chi connectivity index (χ3v) is 8.07. The average Bonchev–Trinajstić information content (AvgIpc) is 3.56. The predicted molar refractivity (Wildman–Crippen MR) is 186 cm³/mol. The van der Waals surface area contributed by atoms with Gasteiger partial charge in [0, 0.05) is 32.9 Å². The van der Waals surface area contributed by atoms with Gasteiger partial charge < -0.3 is 46.3 Å². The van der Waals surface area contributed by atoms with Crippen molar-refractivity contribution in [1.29, 1.82) is 5.41 Å². The zero-order chi connectivity index (χ0) is 37.3. The quantitative estimate of drug-likeness (QED) is 0.0718. The highest BCUT2D eigenvalue weighted by molar-refractivity contribution is 5.96. The number of nitrogens with zero attached hydrogens (tertiary/aromatic N) is 1. The Labute approximate surface area is 292 Å². The summed E-state index contributed by atoms with van der Waals surface area (Å²) in [6.45, 7) is 3.32. The van der Waals surface area contributed by atoms with Gasteiger partial charge in [-0.1, -0.05) is 36.4 Å². The maximum absolute atomic E-state index is 13.8. The lowest BCUT2D eigenvalue weighted by atomic mass is 9.90. The van der Waals surface area contributed by atoms with Crippen LogP contribution >= 0.6 is 0 Å². The molecule has 3 rings (SSSR count). The molecule has 0 radical (unpaired) electrons. The Morgan fingerprint density at radius 1 is 1.02 bits per heavy atom. The molecule has 1 aliphatic rings. The van der Waals surface area contributed by atoms with Crippen LogP contribution in [0.15, 0.2) is 48.5 Å². The lowest BCUT2D eigenvalue weighted by Crippen LogP contribution is -2.63. The number of aliphatic carboxylic acids is 2. The van der Waals surface area contributed by atoms with Crippen LogP contribution in [0, 0.1) is 5.41 Å². The molecule has 50 heavy (non-hydrogen) atoms. The minimum absolute atomic E-state index is 0.000894. The van der Waals surface area contributed by atoms with E-state index >= 15 is 0 Å². The Morgan fingerprint density at radius 3 is 2.28 bits per heavy atom. The number of hydrogen-bond acceptors (Lipinski definition) is 8. The lowest BCUT2D eigenvalue weighted by Gasteiger charge is -2.34. The summed E-state index contributed by atoms with van der Waals surface area (Å²) in [7, 11) is 2.99. The van der Waals surface area contributed by atoms with Crippen LogP contribution in [0.4, 0.5) is 0 Å². The average molecular weight is 699 g/mol. The second-order valence-corrected chi connectivity index (χ2v) is 12.1. The van der Waals surface area contributed by atoms with Crippen molar-refractivity contribution in [3.8, 4) is 11.5 Å². The number of ether oxygens (including phenoxy) is 2. The molecule has 1 saturated heterocycles. The number of nitrogens with two attached hydrogens (primary N) is 1. The number of carboxylic acid groups (broad SMARTS) is 2. The van der Waals surface area contributed by atoms with Gasteiger partial charge in [-0.3, -0.25) is 24.6 Å². The number of carbonyl (C=O) groups excluding carboxylic acids is 3. The van der Waals surface area contributed by atoms with Gasteiger partial charge in [0.25, 0.3) is 5.97 Å². The van der Waals surface area contributed by atoms with Crippen molar-refractivity contribution in [3.63, 3.8) is 0 Å². The standard InChI is InChI=1S/C33H46N6O7.C2H4O2/c1-33(21-23-16-17-26(45-2)27(20-23)46-3,31(44)37-24(30(42)43)13-8-18-36-32(34)35)38-29(41)25-14-9-19-39(25)28(40)15-7-12-22-10-5-4-6-11-22;1-2(3)4/h4-6,10-11,16-17,20,24-25H,7-9,12-15,18-19,21H2,1-3H3,(H,37,44)(H,38,41)(H,42,43)(H4,34,35,36);1H3,(H,3,4)/t24-,25-,33-;/m0./s1. The number of amides is 3. The monoisotopic (exact) mass is 698 g/mol. The normalized spacial score (nSPS) is 15.3. The number of hydrogen-bond donors (Lipinski definition) is 7. The minimum atomic E-state index is -1.59. The summed E-state index contributed by atoms with van der Waals surface area (Å²) < 4.78 is 10.7. The second kappa shape index (κ2) is 20.2. The maximum Gasteiger partial charge on any atom is 0.326 e. The fourth-order valence-electron chi connectivity index (χ4n) is 5.61. The molecule has 0 unspecified atom stereocenters. The number of carboxylic acids is 2. The van der Waals surface area contributed by atoms with E-state index in [9.17, 15) is 24.3 Å². The number of guanidine groups is 1. The maximum atomic E-state index is 13.8. The van der Waals surface area contributed by atoms with E-state index < -0.39 is 41.4 Å². The van der Waals surface area contributed by atoms with Crippen LogP contribution in [0.2, 0.25) is 0 Å². The first-order valence-electron chi connectivity index (χ1n) is 16.4. The van der Waals surface area contributed by atoms with E-state index in [1.54, 1.807) is 23.1 Å². The van der Waals surface area contributed by atoms with Gasteiger partial charge in [-0.2, -0.15) is 0 Å². The third kappa shape index (κ3) is 13.3. The highest BCUT2D eigenvalue weighted by Crippen LogP contribution is 2.30. The Hall–Kier alpha value is -5.34. The van der Waals surface area contributed by atoms with Gasteiger partial charge in [-0.25, -0.2) is 4.79 Å².